The first-order valence-corrected chi connectivity index (χ1v) is 9.78. The molecule has 0 aromatic heterocycles. The Morgan fingerprint density at radius 2 is 1.73 bits per heavy atom. The average molecular weight is 420 g/mol. The van der Waals surface area contributed by atoms with Crippen molar-refractivity contribution in [2.24, 2.45) is 5.92 Å². The molecule has 1 aliphatic carbocycles. The lowest BCUT2D eigenvalue weighted by molar-refractivity contribution is -0.153. The second-order valence-corrected chi connectivity index (χ2v) is 7.28. The molecule has 0 unspecified atom stereocenters. The predicted molar refractivity (Wildman–Crippen MR) is 106 cm³/mol. The van der Waals surface area contributed by atoms with Crippen molar-refractivity contribution in [1.82, 2.24) is 5.32 Å². The first-order chi connectivity index (χ1) is 14.3. The van der Waals surface area contributed by atoms with Crippen LogP contribution in [0.4, 0.5) is 18.9 Å². The van der Waals surface area contributed by atoms with Gasteiger partial charge >= 0.3 is 6.18 Å². The lowest BCUT2D eigenvalue weighted by Crippen LogP contribution is -2.23. The maximum atomic E-state index is 12.3. The highest BCUT2D eigenvalue weighted by Gasteiger charge is 2.28. The van der Waals surface area contributed by atoms with E-state index in [1.165, 1.54) is 24.3 Å². The van der Waals surface area contributed by atoms with E-state index in [0.717, 1.165) is 31.2 Å². The van der Waals surface area contributed by atoms with Gasteiger partial charge in [-0.3, -0.25) is 9.59 Å². The summed E-state index contributed by atoms with van der Waals surface area (Å²) in [4.78, 5) is 24.5. The molecule has 0 saturated heterocycles. The fraction of sp³-hybridized carbons (Fsp3) is 0.364. The standard InChI is InChI=1S/C22H23F3N2O3/c23-22(24,25)14-30-19-10-8-17(9-11-19)20(28)26-13-15-4-3-7-18(12-15)27-21(29)16-5-1-2-6-16/h3-4,7-12,16H,1-2,5-6,13-14H2,(H,26,28)(H,27,29). The monoisotopic (exact) mass is 420 g/mol. The highest BCUT2D eigenvalue weighted by Crippen LogP contribution is 2.26. The summed E-state index contributed by atoms with van der Waals surface area (Å²) in [5.74, 6) is -0.231. The van der Waals surface area contributed by atoms with Crippen LogP contribution in [0.5, 0.6) is 5.75 Å². The van der Waals surface area contributed by atoms with E-state index in [2.05, 4.69) is 15.4 Å². The Morgan fingerprint density at radius 1 is 1.03 bits per heavy atom. The first-order valence-electron chi connectivity index (χ1n) is 9.78. The van der Waals surface area contributed by atoms with Gasteiger partial charge in [-0.2, -0.15) is 13.2 Å². The minimum atomic E-state index is -4.42. The molecule has 0 heterocycles. The summed E-state index contributed by atoms with van der Waals surface area (Å²) in [7, 11) is 0. The summed E-state index contributed by atoms with van der Waals surface area (Å²) in [6.07, 6.45) is -0.413. The van der Waals surface area contributed by atoms with Gasteiger partial charge in [0.2, 0.25) is 5.91 Å². The molecule has 8 heteroatoms. The topological polar surface area (TPSA) is 67.4 Å². The minimum Gasteiger partial charge on any atom is -0.484 e. The molecule has 5 nitrogen and oxygen atoms in total. The van der Waals surface area contributed by atoms with Gasteiger partial charge in [0, 0.05) is 23.7 Å². The molecule has 160 valence electrons. The maximum absolute atomic E-state index is 12.3. The van der Waals surface area contributed by atoms with Crippen molar-refractivity contribution in [3.8, 4) is 5.75 Å². The Balaban J connectivity index is 1.51. The zero-order valence-electron chi connectivity index (χ0n) is 16.3. The third-order valence-electron chi connectivity index (χ3n) is 4.89. The van der Waals surface area contributed by atoms with Gasteiger partial charge in [0.05, 0.1) is 0 Å². The molecule has 2 N–H and O–H groups in total. The molecule has 2 aromatic carbocycles. The molecule has 0 aliphatic heterocycles. The van der Waals surface area contributed by atoms with Gasteiger partial charge in [-0.25, -0.2) is 0 Å². The number of carbonyl (C=O) groups is 2. The van der Waals surface area contributed by atoms with Crippen LogP contribution in [0.3, 0.4) is 0 Å². The molecule has 0 radical (unpaired) electrons. The number of nitrogens with one attached hydrogen (secondary N) is 2. The van der Waals surface area contributed by atoms with E-state index in [1.807, 2.05) is 6.07 Å². The number of hydrogen-bond donors (Lipinski definition) is 2. The Morgan fingerprint density at radius 3 is 2.40 bits per heavy atom. The molecule has 0 atom stereocenters. The van der Waals surface area contributed by atoms with Crippen LogP contribution in [0, 0.1) is 5.92 Å². The molecule has 1 aliphatic rings. The van der Waals surface area contributed by atoms with E-state index in [0.29, 0.717) is 11.3 Å². The summed E-state index contributed by atoms with van der Waals surface area (Å²) in [5, 5.41) is 5.68. The van der Waals surface area contributed by atoms with Crippen molar-refractivity contribution in [1.29, 1.82) is 0 Å². The minimum absolute atomic E-state index is 0.0292. The maximum Gasteiger partial charge on any atom is 0.422 e. The molecule has 30 heavy (non-hydrogen) atoms. The molecule has 3 rings (SSSR count). The Hall–Kier alpha value is -3.03. The van der Waals surface area contributed by atoms with Crippen molar-refractivity contribution in [3.63, 3.8) is 0 Å². The third-order valence-corrected chi connectivity index (χ3v) is 4.89. The van der Waals surface area contributed by atoms with Crippen LogP contribution in [0.2, 0.25) is 0 Å². The van der Waals surface area contributed by atoms with Crippen LogP contribution in [-0.2, 0) is 11.3 Å². The molecule has 0 spiro atoms. The van der Waals surface area contributed by atoms with Crippen molar-refractivity contribution in [2.75, 3.05) is 11.9 Å². The van der Waals surface area contributed by atoms with E-state index in [4.69, 9.17) is 0 Å². The highest BCUT2D eigenvalue weighted by atomic mass is 19.4. The van der Waals surface area contributed by atoms with Crippen molar-refractivity contribution < 1.29 is 27.5 Å². The fourth-order valence-corrected chi connectivity index (χ4v) is 3.34. The molecule has 0 bridgehead atoms. The zero-order chi connectivity index (χ0) is 21.6. The fourth-order valence-electron chi connectivity index (χ4n) is 3.34. The van der Waals surface area contributed by atoms with Gasteiger partial charge in [0.15, 0.2) is 6.61 Å². The van der Waals surface area contributed by atoms with Crippen LogP contribution < -0.4 is 15.4 Å². The quantitative estimate of drug-likeness (QED) is 0.683. The molecular weight excluding hydrogens is 397 g/mol. The summed E-state index contributed by atoms with van der Waals surface area (Å²) in [6.45, 7) is -1.13. The number of rotatable bonds is 7. The molecule has 2 aromatic rings. The number of halogens is 3. The number of anilines is 1. The lowest BCUT2D eigenvalue weighted by Gasteiger charge is -2.12. The van der Waals surface area contributed by atoms with Gasteiger partial charge in [0.25, 0.3) is 5.91 Å². The van der Waals surface area contributed by atoms with E-state index in [1.54, 1.807) is 18.2 Å². The number of benzene rings is 2. The average Bonchev–Trinajstić information content (AvgIpc) is 3.26. The lowest BCUT2D eigenvalue weighted by atomic mass is 10.1. The van der Waals surface area contributed by atoms with E-state index in [9.17, 15) is 22.8 Å². The van der Waals surface area contributed by atoms with Crippen molar-refractivity contribution >= 4 is 17.5 Å². The van der Waals surface area contributed by atoms with Crippen LogP contribution >= 0.6 is 0 Å². The van der Waals surface area contributed by atoms with E-state index >= 15 is 0 Å². The molecule has 2 amide bonds. The number of alkyl halides is 3. The van der Waals surface area contributed by atoms with Gasteiger partial charge in [-0.1, -0.05) is 25.0 Å². The van der Waals surface area contributed by atoms with Crippen LogP contribution in [0.1, 0.15) is 41.6 Å². The Bertz CT molecular complexity index is 876. The second kappa shape index (κ2) is 9.65. The molecule has 1 fully saturated rings. The molecule has 1 saturated carbocycles. The SMILES string of the molecule is O=C(NCc1cccc(NC(=O)C2CCCC2)c1)c1ccc(OCC(F)(F)F)cc1. The first kappa shape index (κ1) is 21.7. The zero-order valence-corrected chi connectivity index (χ0v) is 16.3. The van der Waals surface area contributed by atoms with Gasteiger partial charge in [-0.15, -0.1) is 0 Å². The Labute approximate surface area is 172 Å². The van der Waals surface area contributed by atoms with Gasteiger partial charge in [-0.05, 0) is 54.8 Å². The third kappa shape index (κ3) is 6.50. The molecular formula is C22H23F3N2O3. The second-order valence-electron chi connectivity index (χ2n) is 7.28. The summed E-state index contributed by atoms with van der Waals surface area (Å²) in [5.41, 5.74) is 1.81. The summed E-state index contributed by atoms with van der Waals surface area (Å²) >= 11 is 0. The number of amides is 2. The van der Waals surface area contributed by atoms with Crippen molar-refractivity contribution in [2.45, 2.75) is 38.4 Å². The number of carbonyl (C=O) groups excluding carboxylic acids is 2. The van der Waals surface area contributed by atoms with Crippen LogP contribution in [0.15, 0.2) is 48.5 Å². The van der Waals surface area contributed by atoms with Crippen LogP contribution in [0.25, 0.3) is 0 Å². The normalized spacial score (nSPS) is 14.4. The van der Waals surface area contributed by atoms with E-state index in [-0.39, 0.29) is 30.0 Å². The predicted octanol–water partition coefficient (Wildman–Crippen LogP) is 4.69. The van der Waals surface area contributed by atoms with Gasteiger partial charge in [0.1, 0.15) is 5.75 Å². The van der Waals surface area contributed by atoms with Crippen molar-refractivity contribution in [3.05, 3.63) is 59.7 Å². The summed E-state index contributed by atoms with van der Waals surface area (Å²) in [6, 6.07) is 12.7. The number of hydrogen-bond acceptors (Lipinski definition) is 3. The highest BCUT2D eigenvalue weighted by molar-refractivity contribution is 5.94. The largest absolute Gasteiger partial charge is 0.484 e. The number of ether oxygens (including phenoxy) is 1. The van der Waals surface area contributed by atoms with Crippen LogP contribution in [-0.4, -0.2) is 24.6 Å². The van der Waals surface area contributed by atoms with Gasteiger partial charge < -0.3 is 15.4 Å². The summed E-state index contributed by atoms with van der Waals surface area (Å²) < 4.78 is 41.1. The van der Waals surface area contributed by atoms with E-state index < -0.39 is 12.8 Å². The smallest absolute Gasteiger partial charge is 0.422 e. The Kier molecular flexibility index (Phi) is 6.97.